The van der Waals surface area contributed by atoms with Crippen molar-refractivity contribution < 1.29 is 4.79 Å². The zero-order valence-corrected chi connectivity index (χ0v) is 12.7. The average Bonchev–Trinajstić information content (AvgIpc) is 3.15. The predicted molar refractivity (Wildman–Crippen MR) is 90.0 cm³/mol. The second-order valence-electron chi connectivity index (χ2n) is 5.66. The molecule has 1 aromatic heterocycles. The predicted octanol–water partition coefficient (Wildman–Crippen LogP) is 3.47. The average molecular weight is 303 g/mol. The van der Waals surface area contributed by atoms with E-state index in [1.54, 1.807) is 10.9 Å². The Bertz CT molecular complexity index is 839. The smallest absolute Gasteiger partial charge is 0.260 e. The Balaban J connectivity index is 1.77. The van der Waals surface area contributed by atoms with Crippen LogP contribution in [0, 0.1) is 0 Å². The molecule has 0 fully saturated rings. The van der Waals surface area contributed by atoms with Crippen molar-refractivity contribution in [3.05, 3.63) is 78.1 Å². The van der Waals surface area contributed by atoms with Crippen molar-refractivity contribution in [1.29, 1.82) is 0 Å². The van der Waals surface area contributed by atoms with Crippen LogP contribution >= 0.6 is 0 Å². The lowest BCUT2D eigenvalue weighted by Gasteiger charge is -2.30. The Morgan fingerprint density at radius 1 is 0.957 bits per heavy atom. The molecule has 0 unspecified atom stereocenters. The Labute approximate surface area is 135 Å². The van der Waals surface area contributed by atoms with Crippen molar-refractivity contribution in [3.8, 4) is 5.69 Å². The number of amides is 1. The Kier molecular flexibility index (Phi) is 3.42. The molecule has 0 spiro atoms. The van der Waals surface area contributed by atoms with Gasteiger partial charge in [0, 0.05) is 24.6 Å². The van der Waals surface area contributed by atoms with Gasteiger partial charge in [-0.1, -0.05) is 30.3 Å². The molecule has 1 aliphatic rings. The number of para-hydroxylation sites is 2. The lowest BCUT2D eigenvalue weighted by Crippen LogP contribution is -2.36. The summed E-state index contributed by atoms with van der Waals surface area (Å²) in [5, 5.41) is 4.26. The van der Waals surface area contributed by atoms with Gasteiger partial charge in [-0.05, 0) is 42.7 Å². The fourth-order valence-electron chi connectivity index (χ4n) is 3.16. The van der Waals surface area contributed by atoms with Crippen LogP contribution in [0.1, 0.15) is 22.3 Å². The van der Waals surface area contributed by atoms with Gasteiger partial charge in [0.2, 0.25) is 0 Å². The molecule has 4 heteroatoms. The molecule has 4 rings (SSSR count). The highest BCUT2D eigenvalue weighted by atomic mass is 16.2. The molecule has 0 atom stereocenters. The van der Waals surface area contributed by atoms with E-state index < -0.39 is 0 Å². The van der Waals surface area contributed by atoms with Crippen molar-refractivity contribution in [1.82, 2.24) is 9.78 Å². The molecular weight excluding hydrogens is 286 g/mol. The molecule has 0 radical (unpaired) electrons. The monoisotopic (exact) mass is 303 g/mol. The minimum absolute atomic E-state index is 0.0308. The topological polar surface area (TPSA) is 38.1 Å². The normalized spacial score (nSPS) is 13.7. The number of anilines is 1. The van der Waals surface area contributed by atoms with E-state index in [4.69, 9.17) is 0 Å². The Morgan fingerprint density at radius 3 is 2.57 bits per heavy atom. The number of carbonyl (C=O) groups is 1. The van der Waals surface area contributed by atoms with Gasteiger partial charge in [0.15, 0.2) is 0 Å². The third-order valence-electron chi connectivity index (χ3n) is 4.24. The van der Waals surface area contributed by atoms with Gasteiger partial charge in [-0.2, -0.15) is 5.10 Å². The number of rotatable bonds is 2. The van der Waals surface area contributed by atoms with E-state index in [2.05, 4.69) is 11.2 Å². The summed E-state index contributed by atoms with van der Waals surface area (Å²) in [5.41, 5.74) is 3.75. The van der Waals surface area contributed by atoms with Crippen molar-refractivity contribution in [2.24, 2.45) is 0 Å². The number of aryl methyl sites for hydroxylation is 1. The molecule has 0 saturated heterocycles. The van der Waals surface area contributed by atoms with E-state index in [9.17, 15) is 4.79 Å². The molecule has 1 amide bonds. The van der Waals surface area contributed by atoms with Crippen LogP contribution in [-0.2, 0) is 6.42 Å². The molecule has 3 aromatic rings. The first kappa shape index (κ1) is 13.8. The number of nitrogens with zero attached hydrogens (tertiary/aromatic N) is 3. The Hall–Kier alpha value is -2.88. The number of hydrogen-bond acceptors (Lipinski definition) is 2. The van der Waals surface area contributed by atoms with Crippen molar-refractivity contribution in [2.45, 2.75) is 12.8 Å². The maximum Gasteiger partial charge on any atom is 0.260 e. The Morgan fingerprint density at radius 2 is 1.74 bits per heavy atom. The van der Waals surface area contributed by atoms with Gasteiger partial charge >= 0.3 is 0 Å². The molecule has 0 bridgehead atoms. The fourth-order valence-corrected chi connectivity index (χ4v) is 3.16. The van der Waals surface area contributed by atoms with Crippen LogP contribution in [0.2, 0.25) is 0 Å². The summed E-state index contributed by atoms with van der Waals surface area (Å²) in [6.07, 6.45) is 5.60. The first-order valence-corrected chi connectivity index (χ1v) is 7.83. The minimum atomic E-state index is 0.0308. The molecular formula is C19H17N3O. The van der Waals surface area contributed by atoms with Crippen LogP contribution in [0.15, 0.2) is 67.0 Å². The molecule has 0 saturated carbocycles. The summed E-state index contributed by atoms with van der Waals surface area (Å²) in [6.45, 7) is 0.753. The third kappa shape index (κ3) is 2.42. The van der Waals surface area contributed by atoms with Gasteiger partial charge in [-0.3, -0.25) is 4.79 Å². The van der Waals surface area contributed by atoms with E-state index in [1.807, 2.05) is 59.6 Å². The van der Waals surface area contributed by atoms with Gasteiger partial charge in [0.05, 0.1) is 11.3 Å². The first-order chi connectivity index (χ1) is 11.3. The molecule has 4 nitrogen and oxygen atoms in total. The number of hydrogen-bond donors (Lipinski definition) is 0. The molecule has 1 aliphatic heterocycles. The number of aromatic nitrogens is 2. The largest absolute Gasteiger partial charge is 0.308 e. The van der Waals surface area contributed by atoms with Gasteiger partial charge in [-0.15, -0.1) is 0 Å². The van der Waals surface area contributed by atoms with Crippen molar-refractivity contribution >= 4 is 11.6 Å². The maximum atomic E-state index is 13.2. The summed E-state index contributed by atoms with van der Waals surface area (Å²) < 4.78 is 1.74. The number of benzene rings is 2. The van der Waals surface area contributed by atoms with Gasteiger partial charge in [-0.25, -0.2) is 4.68 Å². The number of fused-ring (bicyclic) bond motifs is 1. The summed E-state index contributed by atoms with van der Waals surface area (Å²) in [7, 11) is 0. The third-order valence-corrected chi connectivity index (χ3v) is 4.24. The van der Waals surface area contributed by atoms with Crippen molar-refractivity contribution in [2.75, 3.05) is 11.4 Å². The SMILES string of the molecule is O=C(c1ccccc1-n1cccn1)N1CCCc2ccccc21. The maximum absolute atomic E-state index is 13.2. The van der Waals surface area contributed by atoms with Gasteiger partial charge in [0.25, 0.3) is 5.91 Å². The van der Waals surface area contributed by atoms with Gasteiger partial charge in [0.1, 0.15) is 0 Å². The highest BCUT2D eigenvalue weighted by Crippen LogP contribution is 2.29. The second kappa shape index (κ2) is 5.72. The molecule has 0 N–H and O–H groups in total. The molecule has 114 valence electrons. The highest BCUT2D eigenvalue weighted by Gasteiger charge is 2.25. The number of carbonyl (C=O) groups excluding carboxylic acids is 1. The molecule has 23 heavy (non-hydrogen) atoms. The second-order valence-corrected chi connectivity index (χ2v) is 5.66. The van der Waals surface area contributed by atoms with Crippen LogP contribution < -0.4 is 4.90 Å². The van der Waals surface area contributed by atoms with E-state index in [0.717, 1.165) is 30.8 Å². The van der Waals surface area contributed by atoms with E-state index in [0.29, 0.717) is 5.56 Å². The summed E-state index contributed by atoms with van der Waals surface area (Å²) in [6, 6.07) is 17.6. The van der Waals surface area contributed by atoms with E-state index >= 15 is 0 Å². The van der Waals surface area contributed by atoms with Crippen LogP contribution in [0.25, 0.3) is 5.69 Å². The minimum Gasteiger partial charge on any atom is -0.308 e. The zero-order valence-electron chi connectivity index (χ0n) is 12.7. The fraction of sp³-hybridized carbons (Fsp3) is 0.158. The highest BCUT2D eigenvalue weighted by molar-refractivity contribution is 6.09. The van der Waals surface area contributed by atoms with Crippen molar-refractivity contribution in [3.63, 3.8) is 0 Å². The first-order valence-electron chi connectivity index (χ1n) is 7.83. The van der Waals surface area contributed by atoms with Crippen LogP contribution in [0.3, 0.4) is 0 Å². The lowest BCUT2D eigenvalue weighted by molar-refractivity contribution is 0.0985. The van der Waals surface area contributed by atoms with E-state index in [-0.39, 0.29) is 5.91 Å². The molecule has 2 aromatic carbocycles. The summed E-state index contributed by atoms with van der Waals surface area (Å²) in [5.74, 6) is 0.0308. The quantitative estimate of drug-likeness (QED) is 0.727. The van der Waals surface area contributed by atoms with Crippen LogP contribution in [0.4, 0.5) is 5.69 Å². The van der Waals surface area contributed by atoms with Crippen LogP contribution in [0.5, 0.6) is 0 Å². The zero-order chi connectivity index (χ0) is 15.6. The van der Waals surface area contributed by atoms with Gasteiger partial charge < -0.3 is 4.90 Å². The standard InChI is InChI=1S/C19H17N3O/c23-19(21-13-5-8-15-7-1-3-10-17(15)21)16-9-2-4-11-18(16)22-14-6-12-20-22/h1-4,6-7,9-12,14H,5,8,13H2. The van der Waals surface area contributed by atoms with E-state index in [1.165, 1.54) is 5.56 Å². The lowest BCUT2D eigenvalue weighted by atomic mass is 10.0. The summed E-state index contributed by atoms with van der Waals surface area (Å²) >= 11 is 0. The van der Waals surface area contributed by atoms with Crippen LogP contribution in [-0.4, -0.2) is 22.2 Å². The summed E-state index contributed by atoms with van der Waals surface area (Å²) in [4.78, 5) is 15.1. The molecule has 2 heterocycles. The molecule has 0 aliphatic carbocycles.